The van der Waals surface area contributed by atoms with Crippen LogP contribution in [0.2, 0.25) is 5.02 Å². The van der Waals surface area contributed by atoms with E-state index >= 15 is 0 Å². The Morgan fingerprint density at radius 1 is 1.42 bits per heavy atom. The summed E-state index contributed by atoms with van der Waals surface area (Å²) >= 11 is 6.26. The van der Waals surface area contributed by atoms with Gasteiger partial charge in [0.15, 0.2) is 0 Å². The number of pyridine rings is 1. The molecular weight excluding hydrogens is 262 g/mol. The number of hydrazine groups is 1. The van der Waals surface area contributed by atoms with E-state index in [1.165, 1.54) is 0 Å². The fraction of sp³-hybridized carbons (Fsp3) is 0.385. The molecule has 0 radical (unpaired) electrons. The smallest absolute Gasteiger partial charge is 0.0847 e. The molecule has 19 heavy (non-hydrogen) atoms. The van der Waals surface area contributed by atoms with E-state index in [9.17, 15) is 0 Å². The molecule has 1 unspecified atom stereocenters. The lowest BCUT2D eigenvalue weighted by Gasteiger charge is -2.16. The maximum Gasteiger partial charge on any atom is 0.0847 e. The second kappa shape index (κ2) is 5.69. The van der Waals surface area contributed by atoms with Crippen molar-refractivity contribution in [2.75, 3.05) is 0 Å². The Balaban J connectivity index is 2.26. The summed E-state index contributed by atoms with van der Waals surface area (Å²) in [4.78, 5) is 4.29. The third-order valence-electron chi connectivity index (χ3n) is 3.20. The van der Waals surface area contributed by atoms with Crippen LogP contribution in [0.25, 0.3) is 0 Å². The first-order valence-corrected chi connectivity index (χ1v) is 6.47. The molecule has 0 amide bonds. The molecule has 0 saturated heterocycles. The molecule has 0 aliphatic rings. The molecule has 3 N–H and O–H groups in total. The normalized spacial score (nSPS) is 12.7. The van der Waals surface area contributed by atoms with E-state index in [4.69, 9.17) is 17.4 Å². The Labute approximate surface area is 117 Å². The van der Waals surface area contributed by atoms with Crippen molar-refractivity contribution in [3.8, 4) is 0 Å². The van der Waals surface area contributed by atoms with Crippen molar-refractivity contribution in [1.29, 1.82) is 0 Å². The summed E-state index contributed by atoms with van der Waals surface area (Å²) in [6, 6.07) is 3.94. The minimum atomic E-state index is -0.0413. The van der Waals surface area contributed by atoms with Crippen LogP contribution in [-0.2, 0) is 13.5 Å². The number of nitrogens with two attached hydrogens (primary N) is 1. The van der Waals surface area contributed by atoms with Gasteiger partial charge in [0.05, 0.1) is 22.5 Å². The van der Waals surface area contributed by atoms with Crippen LogP contribution >= 0.6 is 11.6 Å². The number of hydrogen-bond donors (Lipinski definition) is 2. The van der Waals surface area contributed by atoms with Crippen LogP contribution in [0, 0.1) is 13.8 Å². The first-order valence-electron chi connectivity index (χ1n) is 6.09. The standard InChI is InChI=1S/C13H18ClN5/c1-8-4-5-10(7-16-8)11(17-15)6-12-13(14)9(2)18-19(12)3/h4-5,7,11,17H,6,15H2,1-3H3. The second-order valence-corrected chi connectivity index (χ2v) is 5.00. The highest BCUT2D eigenvalue weighted by atomic mass is 35.5. The average Bonchev–Trinajstić information content (AvgIpc) is 2.63. The molecule has 6 heteroatoms. The lowest BCUT2D eigenvalue weighted by molar-refractivity contribution is 0.528. The quantitative estimate of drug-likeness (QED) is 0.662. The summed E-state index contributed by atoms with van der Waals surface area (Å²) in [5, 5.41) is 5.00. The highest BCUT2D eigenvalue weighted by Crippen LogP contribution is 2.25. The van der Waals surface area contributed by atoms with Crippen LogP contribution in [0.4, 0.5) is 0 Å². The molecule has 1 atom stereocenters. The molecule has 2 heterocycles. The molecule has 0 fully saturated rings. The number of rotatable bonds is 4. The number of aryl methyl sites for hydroxylation is 3. The van der Waals surface area contributed by atoms with Crippen LogP contribution in [-0.4, -0.2) is 14.8 Å². The van der Waals surface area contributed by atoms with Gasteiger partial charge in [0.1, 0.15) is 0 Å². The molecule has 0 bridgehead atoms. The van der Waals surface area contributed by atoms with Crippen LogP contribution in [0.3, 0.4) is 0 Å². The van der Waals surface area contributed by atoms with Crippen molar-refractivity contribution in [3.05, 3.63) is 46.0 Å². The van der Waals surface area contributed by atoms with Gasteiger partial charge in [-0.25, -0.2) is 0 Å². The molecular formula is C13H18ClN5. The van der Waals surface area contributed by atoms with Gasteiger partial charge in [-0.05, 0) is 25.5 Å². The fourth-order valence-electron chi connectivity index (χ4n) is 2.05. The molecule has 0 spiro atoms. The SMILES string of the molecule is Cc1ccc(C(Cc2c(Cl)c(C)nn2C)NN)cn1. The Morgan fingerprint density at radius 2 is 2.16 bits per heavy atom. The zero-order valence-corrected chi connectivity index (χ0v) is 12.1. The molecule has 2 rings (SSSR count). The fourth-order valence-corrected chi connectivity index (χ4v) is 2.29. The third-order valence-corrected chi connectivity index (χ3v) is 3.69. The van der Waals surface area contributed by atoms with E-state index in [2.05, 4.69) is 15.5 Å². The Morgan fingerprint density at radius 3 is 2.63 bits per heavy atom. The van der Waals surface area contributed by atoms with E-state index < -0.39 is 0 Å². The van der Waals surface area contributed by atoms with Crippen molar-refractivity contribution in [3.63, 3.8) is 0 Å². The van der Waals surface area contributed by atoms with Gasteiger partial charge in [0.2, 0.25) is 0 Å². The first kappa shape index (κ1) is 14.0. The molecule has 2 aromatic rings. The maximum absolute atomic E-state index is 6.26. The lowest BCUT2D eigenvalue weighted by Crippen LogP contribution is -2.30. The summed E-state index contributed by atoms with van der Waals surface area (Å²) in [6.45, 7) is 3.85. The Bertz CT molecular complexity index is 561. The molecule has 0 aliphatic heterocycles. The predicted octanol–water partition coefficient (Wildman–Crippen LogP) is 1.83. The van der Waals surface area contributed by atoms with Gasteiger partial charge in [-0.15, -0.1) is 0 Å². The van der Waals surface area contributed by atoms with Gasteiger partial charge in [0.25, 0.3) is 0 Å². The van der Waals surface area contributed by atoms with Crippen molar-refractivity contribution < 1.29 is 0 Å². The topological polar surface area (TPSA) is 68.8 Å². The van der Waals surface area contributed by atoms with Crippen LogP contribution in [0.1, 0.15) is 28.7 Å². The van der Waals surface area contributed by atoms with Gasteiger partial charge in [-0.2, -0.15) is 5.10 Å². The molecule has 2 aromatic heterocycles. The Kier molecular flexibility index (Phi) is 4.19. The van der Waals surface area contributed by atoms with E-state index in [0.717, 1.165) is 22.6 Å². The second-order valence-electron chi connectivity index (χ2n) is 4.63. The van der Waals surface area contributed by atoms with Crippen LogP contribution in [0.15, 0.2) is 18.3 Å². The number of halogens is 1. The van der Waals surface area contributed by atoms with Crippen molar-refractivity contribution in [2.24, 2.45) is 12.9 Å². The summed E-state index contributed by atoms with van der Waals surface area (Å²) < 4.78 is 1.80. The van der Waals surface area contributed by atoms with Crippen LogP contribution in [0.5, 0.6) is 0 Å². The van der Waals surface area contributed by atoms with E-state index in [1.807, 2.05) is 39.2 Å². The summed E-state index contributed by atoms with van der Waals surface area (Å²) in [5.41, 5.74) is 6.61. The molecule has 0 saturated carbocycles. The molecule has 5 nitrogen and oxygen atoms in total. The number of hydrogen-bond acceptors (Lipinski definition) is 4. The number of nitrogens with zero attached hydrogens (tertiary/aromatic N) is 3. The van der Waals surface area contributed by atoms with E-state index in [1.54, 1.807) is 4.68 Å². The van der Waals surface area contributed by atoms with Gasteiger partial charge in [0, 0.05) is 25.4 Å². The average molecular weight is 280 g/mol. The molecule has 0 aromatic carbocycles. The van der Waals surface area contributed by atoms with Gasteiger partial charge in [-0.3, -0.25) is 20.9 Å². The number of aromatic nitrogens is 3. The van der Waals surface area contributed by atoms with Crippen LogP contribution < -0.4 is 11.3 Å². The zero-order chi connectivity index (χ0) is 14.0. The molecule has 0 aliphatic carbocycles. The van der Waals surface area contributed by atoms with E-state index in [0.29, 0.717) is 11.4 Å². The number of nitrogens with one attached hydrogen (secondary N) is 1. The van der Waals surface area contributed by atoms with Gasteiger partial charge < -0.3 is 0 Å². The van der Waals surface area contributed by atoms with Crippen molar-refractivity contribution in [1.82, 2.24) is 20.2 Å². The zero-order valence-electron chi connectivity index (χ0n) is 11.3. The minimum absolute atomic E-state index is 0.0413. The third kappa shape index (κ3) is 2.94. The van der Waals surface area contributed by atoms with Gasteiger partial charge >= 0.3 is 0 Å². The van der Waals surface area contributed by atoms with Crippen molar-refractivity contribution in [2.45, 2.75) is 26.3 Å². The Hall–Kier alpha value is -1.43. The van der Waals surface area contributed by atoms with Gasteiger partial charge in [-0.1, -0.05) is 17.7 Å². The first-order chi connectivity index (χ1) is 9.02. The predicted molar refractivity (Wildman–Crippen MR) is 75.7 cm³/mol. The summed E-state index contributed by atoms with van der Waals surface area (Å²) in [5.74, 6) is 5.65. The highest BCUT2D eigenvalue weighted by Gasteiger charge is 2.17. The summed E-state index contributed by atoms with van der Waals surface area (Å²) in [7, 11) is 1.88. The molecule has 102 valence electrons. The van der Waals surface area contributed by atoms with E-state index in [-0.39, 0.29) is 6.04 Å². The minimum Gasteiger partial charge on any atom is -0.271 e. The highest BCUT2D eigenvalue weighted by molar-refractivity contribution is 6.31. The summed E-state index contributed by atoms with van der Waals surface area (Å²) in [6.07, 6.45) is 2.49. The maximum atomic E-state index is 6.26. The lowest BCUT2D eigenvalue weighted by atomic mass is 10.0. The monoisotopic (exact) mass is 279 g/mol. The van der Waals surface area contributed by atoms with Crippen molar-refractivity contribution >= 4 is 11.6 Å². The largest absolute Gasteiger partial charge is 0.271 e.